The summed E-state index contributed by atoms with van der Waals surface area (Å²) in [6.07, 6.45) is 3.25. The Labute approximate surface area is 212 Å². The van der Waals surface area contributed by atoms with E-state index in [9.17, 15) is 9.18 Å². The zero-order chi connectivity index (χ0) is 24.2. The van der Waals surface area contributed by atoms with E-state index in [0.29, 0.717) is 34.3 Å². The van der Waals surface area contributed by atoms with Gasteiger partial charge in [0.2, 0.25) is 5.91 Å². The molecule has 2 heterocycles. The molecule has 0 radical (unpaired) electrons. The van der Waals surface area contributed by atoms with Gasteiger partial charge in [0.15, 0.2) is 0 Å². The van der Waals surface area contributed by atoms with Crippen molar-refractivity contribution in [3.63, 3.8) is 0 Å². The van der Waals surface area contributed by atoms with E-state index in [0.717, 1.165) is 57.5 Å². The SMILES string of the molecule is C[C@@H]1C[C@H](Cc2ccccc2F)CN(c2c(Cl)cc(CCCN3CCN(C)CC3)cc2Cl)C1=O. The molecule has 2 aromatic carbocycles. The van der Waals surface area contributed by atoms with Gasteiger partial charge in [0.25, 0.3) is 0 Å². The lowest BCUT2D eigenvalue weighted by atomic mass is 9.85. The van der Waals surface area contributed by atoms with Crippen molar-refractivity contribution in [3.8, 4) is 0 Å². The molecule has 2 atom stereocenters. The number of aryl methyl sites for hydroxylation is 1. The van der Waals surface area contributed by atoms with Gasteiger partial charge in [-0.1, -0.05) is 48.3 Å². The zero-order valence-corrected chi connectivity index (χ0v) is 21.6. The van der Waals surface area contributed by atoms with Gasteiger partial charge in [-0.3, -0.25) is 4.79 Å². The minimum atomic E-state index is -0.199. The molecule has 2 aromatic rings. The lowest BCUT2D eigenvalue weighted by molar-refractivity contribution is -0.124. The Balaban J connectivity index is 1.43. The molecule has 7 heteroatoms. The molecule has 2 aliphatic rings. The Hall–Kier alpha value is -1.66. The van der Waals surface area contributed by atoms with Crippen LogP contribution < -0.4 is 4.90 Å². The Morgan fingerprint density at radius 2 is 1.74 bits per heavy atom. The van der Waals surface area contributed by atoms with E-state index in [-0.39, 0.29) is 23.6 Å². The zero-order valence-electron chi connectivity index (χ0n) is 20.1. The Morgan fingerprint density at radius 1 is 1.06 bits per heavy atom. The molecule has 34 heavy (non-hydrogen) atoms. The van der Waals surface area contributed by atoms with Crippen LogP contribution >= 0.6 is 23.2 Å². The van der Waals surface area contributed by atoms with Gasteiger partial charge in [0.05, 0.1) is 15.7 Å². The summed E-state index contributed by atoms with van der Waals surface area (Å²) in [5, 5.41) is 1.02. The first-order valence-electron chi connectivity index (χ1n) is 12.3. The molecular formula is C27H34Cl2FN3O. The Bertz CT molecular complexity index is 986. The number of hydrogen-bond donors (Lipinski definition) is 0. The highest BCUT2D eigenvalue weighted by Crippen LogP contribution is 2.39. The minimum absolute atomic E-state index is 0.0244. The summed E-state index contributed by atoms with van der Waals surface area (Å²) in [6, 6.07) is 10.8. The first-order chi connectivity index (χ1) is 16.3. The van der Waals surface area contributed by atoms with E-state index in [1.54, 1.807) is 11.0 Å². The molecule has 0 unspecified atom stereocenters. The number of benzene rings is 2. The molecule has 4 rings (SSSR count). The Kier molecular flexibility index (Phi) is 8.52. The lowest BCUT2D eigenvalue weighted by Crippen LogP contribution is -2.45. The molecule has 0 bridgehead atoms. The van der Waals surface area contributed by atoms with Crippen molar-refractivity contribution in [2.24, 2.45) is 11.8 Å². The van der Waals surface area contributed by atoms with Crippen molar-refractivity contribution in [2.75, 3.05) is 51.2 Å². The minimum Gasteiger partial charge on any atom is -0.309 e. The second-order valence-electron chi connectivity index (χ2n) is 9.90. The molecule has 0 saturated carbocycles. The summed E-state index contributed by atoms with van der Waals surface area (Å²) in [5.41, 5.74) is 2.36. The predicted octanol–water partition coefficient (Wildman–Crippen LogP) is 5.54. The van der Waals surface area contributed by atoms with E-state index in [4.69, 9.17) is 23.2 Å². The van der Waals surface area contributed by atoms with Crippen LogP contribution in [0.1, 0.15) is 30.9 Å². The van der Waals surface area contributed by atoms with Gasteiger partial charge < -0.3 is 14.7 Å². The number of carbonyl (C=O) groups is 1. The summed E-state index contributed by atoms with van der Waals surface area (Å²) in [7, 11) is 2.17. The number of carbonyl (C=O) groups excluding carboxylic acids is 1. The van der Waals surface area contributed by atoms with Crippen LogP contribution in [0, 0.1) is 17.7 Å². The fourth-order valence-corrected chi connectivity index (χ4v) is 5.95. The number of piperazine rings is 1. The highest BCUT2D eigenvalue weighted by molar-refractivity contribution is 6.40. The largest absolute Gasteiger partial charge is 0.309 e. The quantitative estimate of drug-likeness (QED) is 0.493. The van der Waals surface area contributed by atoms with Crippen molar-refractivity contribution in [1.29, 1.82) is 0 Å². The van der Waals surface area contributed by atoms with Gasteiger partial charge in [-0.15, -0.1) is 0 Å². The first-order valence-corrected chi connectivity index (χ1v) is 13.0. The number of nitrogens with zero attached hydrogens (tertiary/aromatic N) is 3. The van der Waals surface area contributed by atoms with Gasteiger partial charge in [-0.25, -0.2) is 4.39 Å². The number of amides is 1. The third kappa shape index (κ3) is 6.12. The summed E-state index contributed by atoms with van der Waals surface area (Å²) in [5.74, 6) is -0.201. The fourth-order valence-electron chi connectivity index (χ4n) is 5.21. The van der Waals surface area contributed by atoms with Gasteiger partial charge in [0, 0.05) is 38.6 Å². The maximum atomic E-state index is 14.2. The fraction of sp³-hybridized carbons (Fsp3) is 0.519. The highest BCUT2D eigenvalue weighted by Gasteiger charge is 2.34. The number of piperidine rings is 1. The maximum absolute atomic E-state index is 14.2. The summed E-state index contributed by atoms with van der Waals surface area (Å²) in [4.78, 5) is 19.7. The third-order valence-electron chi connectivity index (χ3n) is 7.16. The molecular weight excluding hydrogens is 472 g/mol. The van der Waals surface area contributed by atoms with Crippen LogP contribution in [-0.2, 0) is 17.6 Å². The monoisotopic (exact) mass is 505 g/mol. The predicted molar refractivity (Wildman–Crippen MR) is 138 cm³/mol. The van der Waals surface area contributed by atoms with Crippen molar-refractivity contribution >= 4 is 34.8 Å². The normalized spacial score (nSPS) is 22.4. The molecule has 4 nitrogen and oxygen atoms in total. The van der Waals surface area contributed by atoms with Crippen LogP contribution in [0.25, 0.3) is 0 Å². The summed E-state index contributed by atoms with van der Waals surface area (Å²) in [6.45, 7) is 7.93. The van der Waals surface area contributed by atoms with Crippen LogP contribution in [-0.4, -0.2) is 62.0 Å². The molecule has 0 spiro atoms. The third-order valence-corrected chi connectivity index (χ3v) is 7.74. The molecule has 2 fully saturated rings. The van der Waals surface area contributed by atoms with Crippen molar-refractivity contribution in [3.05, 3.63) is 63.4 Å². The average molecular weight is 506 g/mol. The topological polar surface area (TPSA) is 26.8 Å². The van der Waals surface area contributed by atoms with Crippen molar-refractivity contribution < 1.29 is 9.18 Å². The van der Waals surface area contributed by atoms with Crippen LogP contribution in [0.4, 0.5) is 10.1 Å². The number of likely N-dealkylation sites (N-methyl/N-ethyl adjacent to an activating group) is 1. The molecule has 0 aromatic heterocycles. The molecule has 2 saturated heterocycles. The van der Waals surface area contributed by atoms with Crippen LogP contribution in [0.15, 0.2) is 36.4 Å². The second-order valence-corrected chi connectivity index (χ2v) is 10.7. The van der Waals surface area contributed by atoms with Gasteiger partial charge in [0.1, 0.15) is 5.82 Å². The van der Waals surface area contributed by atoms with E-state index < -0.39 is 0 Å². The molecule has 2 aliphatic heterocycles. The lowest BCUT2D eigenvalue weighted by Gasteiger charge is -2.37. The Morgan fingerprint density at radius 3 is 2.41 bits per heavy atom. The molecule has 0 aliphatic carbocycles. The van der Waals surface area contributed by atoms with Crippen molar-refractivity contribution in [2.45, 2.75) is 32.6 Å². The second kappa shape index (κ2) is 11.4. The van der Waals surface area contributed by atoms with E-state index in [1.807, 2.05) is 31.2 Å². The molecule has 1 amide bonds. The number of rotatable bonds is 7. The van der Waals surface area contributed by atoms with E-state index in [2.05, 4.69) is 16.8 Å². The first kappa shape index (κ1) is 25.4. The smallest absolute Gasteiger partial charge is 0.229 e. The summed E-state index contributed by atoms with van der Waals surface area (Å²) < 4.78 is 14.2. The standard InChI is InChI=1S/C27H34Cl2FN3O/c1-19-14-21(15-22-7-3-4-8-25(22)30)18-33(27(19)34)26-23(28)16-20(17-24(26)29)6-5-9-32-12-10-31(2)11-13-32/h3-4,7-8,16-17,19,21H,5-6,9-15,18H2,1-2H3/t19-,21-/m1/s1. The van der Waals surface area contributed by atoms with Crippen LogP contribution in [0.5, 0.6) is 0 Å². The molecule has 0 N–H and O–H groups in total. The number of anilines is 1. The van der Waals surface area contributed by atoms with Crippen LogP contribution in [0.2, 0.25) is 10.0 Å². The number of hydrogen-bond acceptors (Lipinski definition) is 3. The molecule has 184 valence electrons. The van der Waals surface area contributed by atoms with E-state index >= 15 is 0 Å². The van der Waals surface area contributed by atoms with E-state index in [1.165, 1.54) is 6.07 Å². The maximum Gasteiger partial charge on any atom is 0.229 e. The summed E-state index contributed by atoms with van der Waals surface area (Å²) >= 11 is 13.4. The van der Waals surface area contributed by atoms with Crippen LogP contribution in [0.3, 0.4) is 0 Å². The average Bonchev–Trinajstić information content (AvgIpc) is 2.79. The van der Waals surface area contributed by atoms with Gasteiger partial charge in [-0.2, -0.15) is 0 Å². The highest BCUT2D eigenvalue weighted by atomic mass is 35.5. The van der Waals surface area contributed by atoms with Gasteiger partial charge >= 0.3 is 0 Å². The van der Waals surface area contributed by atoms with Crippen molar-refractivity contribution in [1.82, 2.24) is 9.80 Å². The van der Waals surface area contributed by atoms with Gasteiger partial charge in [-0.05, 0) is 74.5 Å². The number of halogens is 3.